The fraction of sp³-hybridized carbons (Fsp3) is 0.394. The van der Waals surface area contributed by atoms with Gasteiger partial charge in [0, 0.05) is 12.3 Å². The molecule has 0 heterocycles. The molecule has 0 saturated carbocycles. The Kier molecular flexibility index (Phi) is 9.61. The standard InChI is InChI=1S/C33H40N2O5/c1-33(2,3)40-32(39)34-27(19-23-14-8-5-9-15-23)28(36)21-25(18-22-12-6-4-7-13-22)31(38)35-30-26-17-11-10-16-24(26)20-29(30)37/h4-17,25,27-30,36-37H,18-21H2,1-3H3,(H,34,39)(H,35,38)/t25-,27+,28+,29+,30?/m1/s1. The highest BCUT2D eigenvalue weighted by molar-refractivity contribution is 5.80. The van der Waals surface area contributed by atoms with Crippen molar-refractivity contribution in [1.29, 1.82) is 0 Å². The molecule has 0 aliphatic heterocycles. The quantitative estimate of drug-likeness (QED) is 0.301. The van der Waals surface area contributed by atoms with E-state index in [1.54, 1.807) is 20.8 Å². The molecule has 1 aliphatic rings. The zero-order valence-electron chi connectivity index (χ0n) is 23.4. The lowest BCUT2D eigenvalue weighted by atomic mass is 9.88. The van der Waals surface area contributed by atoms with Gasteiger partial charge in [0.25, 0.3) is 0 Å². The molecule has 7 heteroatoms. The average Bonchev–Trinajstić information content (AvgIpc) is 3.22. The van der Waals surface area contributed by atoms with E-state index in [1.807, 2.05) is 84.9 Å². The van der Waals surface area contributed by atoms with Crippen LogP contribution in [0.4, 0.5) is 4.79 Å². The minimum Gasteiger partial charge on any atom is -0.444 e. The molecule has 0 fully saturated rings. The van der Waals surface area contributed by atoms with Crippen LogP contribution in [0, 0.1) is 5.92 Å². The van der Waals surface area contributed by atoms with Crippen LogP contribution in [-0.2, 0) is 28.8 Å². The third-order valence-corrected chi connectivity index (χ3v) is 7.19. The molecule has 0 radical (unpaired) electrons. The van der Waals surface area contributed by atoms with Crippen molar-refractivity contribution in [3.8, 4) is 0 Å². The molecule has 0 saturated heterocycles. The number of alkyl carbamates (subject to hydrolysis) is 1. The van der Waals surface area contributed by atoms with Crippen molar-refractivity contribution in [2.24, 2.45) is 5.92 Å². The SMILES string of the molecule is CC(C)(C)OC(=O)N[C@@H](Cc1ccccc1)[C@@H](O)C[C@@H](Cc1ccccc1)C(=O)NC1c2ccccc2C[C@@H]1O. The van der Waals surface area contributed by atoms with Gasteiger partial charge in [0.2, 0.25) is 5.91 Å². The molecule has 3 aromatic carbocycles. The number of carbonyl (C=O) groups excluding carboxylic acids is 2. The highest BCUT2D eigenvalue weighted by Gasteiger charge is 2.35. The molecule has 4 N–H and O–H groups in total. The number of ether oxygens (including phenoxy) is 1. The average molecular weight is 545 g/mol. The first-order chi connectivity index (χ1) is 19.1. The smallest absolute Gasteiger partial charge is 0.407 e. The van der Waals surface area contributed by atoms with Crippen molar-refractivity contribution < 1.29 is 24.5 Å². The van der Waals surface area contributed by atoms with Gasteiger partial charge in [0.1, 0.15) is 5.60 Å². The molecule has 7 nitrogen and oxygen atoms in total. The topological polar surface area (TPSA) is 108 Å². The van der Waals surface area contributed by atoms with Gasteiger partial charge in [-0.3, -0.25) is 4.79 Å². The van der Waals surface area contributed by atoms with E-state index in [-0.39, 0.29) is 12.3 Å². The van der Waals surface area contributed by atoms with Crippen molar-refractivity contribution in [3.05, 3.63) is 107 Å². The van der Waals surface area contributed by atoms with Crippen LogP contribution in [0.1, 0.15) is 55.5 Å². The first-order valence-corrected chi connectivity index (χ1v) is 13.9. The molecule has 1 aliphatic carbocycles. The number of hydrogen-bond acceptors (Lipinski definition) is 5. The molecule has 212 valence electrons. The molecule has 0 bridgehead atoms. The first-order valence-electron chi connectivity index (χ1n) is 13.9. The highest BCUT2D eigenvalue weighted by atomic mass is 16.6. The molecule has 40 heavy (non-hydrogen) atoms. The van der Waals surface area contributed by atoms with Gasteiger partial charge in [-0.25, -0.2) is 4.79 Å². The van der Waals surface area contributed by atoms with Gasteiger partial charge in [0.15, 0.2) is 0 Å². The van der Waals surface area contributed by atoms with E-state index < -0.39 is 41.9 Å². The predicted octanol–water partition coefficient (Wildman–Crippen LogP) is 4.51. The van der Waals surface area contributed by atoms with E-state index in [4.69, 9.17) is 4.74 Å². The normalized spacial score (nSPS) is 18.7. The Bertz CT molecular complexity index is 1260. The van der Waals surface area contributed by atoms with Crippen LogP contribution in [0.3, 0.4) is 0 Å². The van der Waals surface area contributed by atoms with Gasteiger partial charge < -0.3 is 25.6 Å². The molecule has 5 atom stereocenters. The second-order valence-corrected chi connectivity index (χ2v) is 11.6. The van der Waals surface area contributed by atoms with Gasteiger partial charge in [-0.1, -0.05) is 84.9 Å². The summed E-state index contributed by atoms with van der Waals surface area (Å²) in [6.07, 6.45) is -1.02. The van der Waals surface area contributed by atoms with E-state index in [0.717, 1.165) is 22.3 Å². The number of amides is 2. The number of aliphatic hydroxyl groups is 2. The molecular formula is C33H40N2O5. The molecule has 4 rings (SSSR count). The maximum atomic E-state index is 13.7. The summed E-state index contributed by atoms with van der Waals surface area (Å²) in [6, 6.07) is 25.8. The highest BCUT2D eigenvalue weighted by Crippen LogP contribution is 2.32. The van der Waals surface area contributed by atoms with Gasteiger partial charge in [-0.15, -0.1) is 0 Å². The summed E-state index contributed by atoms with van der Waals surface area (Å²) in [7, 11) is 0. The first kappa shape index (κ1) is 29.3. The molecule has 2 amide bonds. The Labute approximate surface area is 236 Å². The number of benzene rings is 3. The maximum Gasteiger partial charge on any atom is 0.407 e. The lowest BCUT2D eigenvalue weighted by Crippen LogP contribution is -2.48. The van der Waals surface area contributed by atoms with Crippen LogP contribution in [0.15, 0.2) is 84.9 Å². The molecular weight excluding hydrogens is 504 g/mol. The Hall–Kier alpha value is -3.68. The van der Waals surface area contributed by atoms with Crippen LogP contribution in [0.2, 0.25) is 0 Å². The lowest BCUT2D eigenvalue weighted by molar-refractivity contribution is -0.127. The number of nitrogens with one attached hydrogen (secondary N) is 2. The number of rotatable bonds is 10. The van der Waals surface area contributed by atoms with Crippen molar-refractivity contribution >= 4 is 12.0 Å². The van der Waals surface area contributed by atoms with Crippen molar-refractivity contribution in [2.75, 3.05) is 0 Å². The van der Waals surface area contributed by atoms with E-state index in [9.17, 15) is 19.8 Å². The van der Waals surface area contributed by atoms with Crippen molar-refractivity contribution in [3.63, 3.8) is 0 Å². The number of hydrogen-bond donors (Lipinski definition) is 4. The van der Waals surface area contributed by atoms with Crippen LogP contribution in [-0.4, -0.2) is 46.1 Å². The third-order valence-electron chi connectivity index (χ3n) is 7.19. The maximum absolute atomic E-state index is 13.7. The van der Waals surface area contributed by atoms with Gasteiger partial charge in [0.05, 0.1) is 24.3 Å². The van der Waals surface area contributed by atoms with Crippen molar-refractivity contribution in [2.45, 2.75) is 76.3 Å². The van der Waals surface area contributed by atoms with Gasteiger partial charge >= 0.3 is 6.09 Å². The summed E-state index contributed by atoms with van der Waals surface area (Å²) in [5.74, 6) is -0.851. The second kappa shape index (κ2) is 13.1. The summed E-state index contributed by atoms with van der Waals surface area (Å²) in [5.41, 5.74) is 3.14. The van der Waals surface area contributed by atoms with Crippen LogP contribution in [0.25, 0.3) is 0 Å². The van der Waals surface area contributed by atoms with E-state index >= 15 is 0 Å². The minimum absolute atomic E-state index is 0.110. The van der Waals surface area contributed by atoms with Gasteiger partial charge in [-0.2, -0.15) is 0 Å². The minimum atomic E-state index is -1.03. The summed E-state index contributed by atoms with van der Waals surface area (Å²) >= 11 is 0. The van der Waals surface area contributed by atoms with E-state index in [1.165, 1.54) is 0 Å². The summed E-state index contributed by atoms with van der Waals surface area (Å²) in [5, 5.41) is 28.1. The van der Waals surface area contributed by atoms with Crippen molar-refractivity contribution in [1.82, 2.24) is 10.6 Å². The Morgan fingerprint density at radius 1 is 0.900 bits per heavy atom. The van der Waals surface area contributed by atoms with Crippen LogP contribution < -0.4 is 10.6 Å². The number of fused-ring (bicyclic) bond motifs is 1. The lowest BCUT2D eigenvalue weighted by Gasteiger charge is -2.29. The van der Waals surface area contributed by atoms with Crippen LogP contribution in [0.5, 0.6) is 0 Å². The fourth-order valence-corrected chi connectivity index (χ4v) is 5.27. The zero-order chi connectivity index (χ0) is 28.7. The van der Waals surface area contributed by atoms with Crippen LogP contribution >= 0.6 is 0 Å². The number of carbonyl (C=O) groups is 2. The zero-order valence-corrected chi connectivity index (χ0v) is 23.4. The molecule has 0 aromatic heterocycles. The Morgan fingerprint density at radius 3 is 2.10 bits per heavy atom. The van der Waals surface area contributed by atoms with Gasteiger partial charge in [-0.05, 0) is 62.3 Å². The molecule has 1 unspecified atom stereocenters. The largest absolute Gasteiger partial charge is 0.444 e. The Balaban J connectivity index is 1.54. The summed E-state index contributed by atoms with van der Waals surface area (Å²) in [6.45, 7) is 5.35. The second-order valence-electron chi connectivity index (χ2n) is 11.6. The summed E-state index contributed by atoms with van der Waals surface area (Å²) in [4.78, 5) is 26.4. The predicted molar refractivity (Wildman–Crippen MR) is 155 cm³/mol. The number of aliphatic hydroxyl groups excluding tert-OH is 2. The summed E-state index contributed by atoms with van der Waals surface area (Å²) < 4.78 is 5.47. The fourth-order valence-electron chi connectivity index (χ4n) is 5.27. The van der Waals surface area contributed by atoms with E-state index in [2.05, 4.69) is 10.6 Å². The molecule has 3 aromatic rings. The molecule has 0 spiro atoms. The monoisotopic (exact) mass is 544 g/mol. The van der Waals surface area contributed by atoms with E-state index in [0.29, 0.717) is 19.3 Å². The third kappa shape index (κ3) is 8.16. The Morgan fingerprint density at radius 2 is 1.48 bits per heavy atom.